The lowest BCUT2D eigenvalue weighted by molar-refractivity contribution is 0.751. The molecule has 11 heavy (non-hydrogen) atoms. The molecule has 0 radical (unpaired) electrons. The number of fused-ring (bicyclic) bond motifs is 1. The average Bonchev–Trinajstić information content (AvgIpc) is 2.45. The van der Waals surface area contributed by atoms with Gasteiger partial charge < -0.3 is 5.32 Å². The van der Waals surface area contributed by atoms with E-state index in [-0.39, 0.29) is 0 Å². The van der Waals surface area contributed by atoms with Gasteiger partial charge in [-0.1, -0.05) is 0 Å². The van der Waals surface area contributed by atoms with Gasteiger partial charge in [0.1, 0.15) is 0 Å². The summed E-state index contributed by atoms with van der Waals surface area (Å²) in [7, 11) is 0. The monoisotopic (exact) mass is 149 g/mol. The van der Waals surface area contributed by atoms with Gasteiger partial charge in [0.05, 0.1) is 11.4 Å². The molecule has 58 valence electrons. The zero-order valence-electron chi connectivity index (χ0n) is 6.81. The normalized spacial score (nSPS) is 15.1. The maximum Gasteiger partial charge on any atom is 0.0816 e. The molecule has 0 aromatic carbocycles. The van der Waals surface area contributed by atoms with Crippen molar-refractivity contribution in [3.05, 3.63) is 22.5 Å². The molecule has 0 unspecified atom stereocenters. The Balaban J connectivity index is 2.62. The maximum absolute atomic E-state index is 4.11. The molecule has 2 heterocycles. The van der Waals surface area contributed by atoms with Crippen LogP contribution in [0.25, 0.3) is 0 Å². The molecule has 1 aromatic rings. The highest BCUT2D eigenvalue weighted by Gasteiger charge is 2.15. The SMILES string of the molecule is Cc1nnc2c(c1C)CNC2. The summed E-state index contributed by atoms with van der Waals surface area (Å²) in [6.45, 7) is 5.94. The third-order valence-corrected chi connectivity index (χ3v) is 2.26. The standard InChI is InChI=1S/C8H11N3/c1-5-6(2)10-11-8-4-9-3-7(5)8/h9H,3-4H2,1-2H3. The number of aryl methyl sites for hydroxylation is 1. The van der Waals surface area contributed by atoms with E-state index in [1.165, 1.54) is 11.1 Å². The van der Waals surface area contributed by atoms with Crippen LogP contribution >= 0.6 is 0 Å². The third kappa shape index (κ3) is 0.922. The quantitative estimate of drug-likeness (QED) is 0.590. The van der Waals surface area contributed by atoms with Gasteiger partial charge in [0.25, 0.3) is 0 Å². The fourth-order valence-corrected chi connectivity index (χ4v) is 1.39. The van der Waals surface area contributed by atoms with E-state index in [0.29, 0.717) is 0 Å². The summed E-state index contributed by atoms with van der Waals surface area (Å²) in [6.07, 6.45) is 0. The highest BCUT2D eigenvalue weighted by molar-refractivity contribution is 5.33. The van der Waals surface area contributed by atoms with Crippen LogP contribution in [0, 0.1) is 13.8 Å². The summed E-state index contributed by atoms with van der Waals surface area (Å²) in [5.74, 6) is 0. The van der Waals surface area contributed by atoms with Crippen LogP contribution in [0.15, 0.2) is 0 Å². The van der Waals surface area contributed by atoms with Gasteiger partial charge in [0, 0.05) is 13.1 Å². The molecule has 0 saturated heterocycles. The lowest BCUT2D eigenvalue weighted by Crippen LogP contribution is -2.00. The van der Waals surface area contributed by atoms with E-state index in [0.717, 1.165) is 24.5 Å². The Morgan fingerprint density at radius 1 is 1.18 bits per heavy atom. The van der Waals surface area contributed by atoms with Crippen LogP contribution in [-0.4, -0.2) is 10.2 Å². The minimum absolute atomic E-state index is 0.878. The van der Waals surface area contributed by atoms with E-state index in [4.69, 9.17) is 0 Å². The Labute approximate surface area is 65.8 Å². The van der Waals surface area contributed by atoms with Crippen LogP contribution in [-0.2, 0) is 13.1 Å². The van der Waals surface area contributed by atoms with Gasteiger partial charge in [-0.05, 0) is 25.0 Å². The van der Waals surface area contributed by atoms with Crippen molar-refractivity contribution >= 4 is 0 Å². The molecule has 2 rings (SSSR count). The molecular weight excluding hydrogens is 138 g/mol. The molecule has 0 fully saturated rings. The van der Waals surface area contributed by atoms with Gasteiger partial charge >= 0.3 is 0 Å². The van der Waals surface area contributed by atoms with Crippen molar-refractivity contribution in [1.82, 2.24) is 15.5 Å². The minimum atomic E-state index is 0.878. The van der Waals surface area contributed by atoms with Gasteiger partial charge in [-0.3, -0.25) is 0 Å². The topological polar surface area (TPSA) is 37.8 Å². The lowest BCUT2D eigenvalue weighted by atomic mass is 10.1. The average molecular weight is 149 g/mol. The molecular formula is C8H11N3. The Kier molecular flexibility index (Phi) is 1.39. The van der Waals surface area contributed by atoms with Gasteiger partial charge in [0.2, 0.25) is 0 Å². The predicted molar refractivity (Wildman–Crippen MR) is 42.0 cm³/mol. The molecule has 1 aromatic heterocycles. The van der Waals surface area contributed by atoms with E-state index < -0.39 is 0 Å². The molecule has 0 spiro atoms. The molecule has 3 heteroatoms. The first kappa shape index (κ1) is 6.73. The first-order valence-corrected chi connectivity index (χ1v) is 3.81. The van der Waals surface area contributed by atoms with Crippen LogP contribution in [0.3, 0.4) is 0 Å². The number of hydrogen-bond donors (Lipinski definition) is 1. The number of rotatable bonds is 0. The summed E-state index contributed by atoms with van der Waals surface area (Å²) in [5, 5.41) is 11.4. The Morgan fingerprint density at radius 3 is 2.82 bits per heavy atom. The number of nitrogens with one attached hydrogen (secondary N) is 1. The Morgan fingerprint density at radius 2 is 2.00 bits per heavy atom. The van der Waals surface area contributed by atoms with Crippen molar-refractivity contribution in [3.63, 3.8) is 0 Å². The van der Waals surface area contributed by atoms with Crippen molar-refractivity contribution in [1.29, 1.82) is 0 Å². The molecule has 1 aliphatic heterocycles. The summed E-state index contributed by atoms with van der Waals surface area (Å²) in [4.78, 5) is 0. The van der Waals surface area contributed by atoms with E-state index in [1.807, 2.05) is 6.92 Å². The molecule has 1 N–H and O–H groups in total. The van der Waals surface area contributed by atoms with Crippen LogP contribution in [0.4, 0.5) is 0 Å². The van der Waals surface area contributed by atoms with E-state index in [2.05, 4.69) is 22.4 Å². The summed E-state index contributed by atoms with van der Waals surface area (Å²) >= 11 is 0. The van der Waals surface area contributed by atoms with Crippen molar-refractivity contribution < 1.29 is 0 Å². The van der Waals surface area contributed by atoms with Crippen LogP contribution in [0.2, 0.25) is 0 Å². The van der Waals surface area contributed by atoms with Gasteiger partial charge in [-0.15, -0.1) is 0 Å². The minimum Gasteiger partial charge on any atom is -0.307 e. The lowest BCUT2D eigenvalue weighted by Gasteiger charge is -2.02. The number of nitrogens with zero attached hydrogens (tertiary/aromatic N) is 2. The van der Waals surface area contributed by atoms with Gasteiger partial charge in [-0.2, -0.15) is 10.2 Å². The maximum atomic E-state index is 4.11. The second kappa shape index (κ2) is 2.27. The summed E-state index contributed by atoms with van der Waals surface area (Å²) in [6, 6.07) is 0. The summed E-state index contributed by atoms with van der Waals surface area (Å²) < 4.78 is 0. The van der Waals surface area contributed by atoms with Crippen molar-refractivity contribution in [2.75, 3.05) is 0 Å². The fourth-order valence-electron chi connectivity index (χ4n) is 1.39. The van der Waals surface area contributed by atoms with Crippen molar-refractivity contribution in [3.8, 4) is 0 Å². The van der Waals surface area contributed by atoms with Gasteiger partial charge in [0.15, 0.2) is 0 Å². The zero-order valence-corrected chi connectivity index (χ0v) is 6.81. The van der Waals surface area contributed by atoms with E-state index in [1.54, 1.807) is 0 Å². The highest BCUT2D eigenvalue weighted by atomic mass is 15.1. The second-order valence-electron chi connectivity index (χ2n) is 2.94. The fraction of sp³-hybridized carbons (Fsp3) is 0.500. The van der Waals surface area contributed by atoms with Crippen LogP contribution in [0.5, 0.6) is 0 Å². The molecule has 0 atom stereocenters. The van der Waals surface area contributed by atoms with Gasteiger partial charge in [-0.25, -0.2) is 0 Å². The molecule has 1 aliphatic rings. The smallest absolute Gasteiger partial charge is 0.0816 e. The highest BCUT2D eigenvalue weighted by Crippen LogP contribution is 2.17. The van der Waals surface area contributed by atoms with Crippen LogP contribution in [0.1, 0.15) is 22.5 Å². The van der Waals surface area contributed by atoms with Crippen molar-refractivity contribution in [2.24, 2.45) is 0 Å². The largest absolute Gasteiger partial charge is 0.307 e. The Bertz CT molecular complexity index is 294. The molecule has 0 amide bonds. The van der Waals surface area contributed by atoms with E-state index >= 15 is 0 Å². The Hall–Kier alpha value is -0.960. The third-order valence-electron chi connectivity index (χ3n) is 2.26. The molecule has 0 saturated carbocycles. The molecule has 0 bridgehead atoms. The first-order chi connectivity index (χ1) is 5.29. The summed E-state index contributed by atoms with van der Waals surface area (Å²) in [5.41, 5.74) is 4.80. The molecule has 0 aliphatic carbocycles. The molecule has 3 nitrogen and oxygen atoms in total. The number of aromatic nitrogens is 2. The predicted octanol–water partition coefficient (Wildman–Crippen LogP) is 0.697. The second-order valence-corrected chi connectivity index (χ2v) is 2.94. The first-order valence-electron chi connectivity index (χ1n) is 3.81. The van der Waals surface area contributed by atoms with Crippen LogP contribution < -0.4 is 5.32 Å². The van der Waals surface area contributed by atoms with E-state index in [9.17, 15) is 0 Å². The zero-order chi connectivity index (χ0) is 7.84. The van der Waals surface area contributed by atoms with Crippen molar-refractivity contribution in [2.45, 2.75) is 26.9 Å². The number of hydrogen-bond acceptors (Lipinski definition) is 3.